The number of aryl methyl sites for hydroxylation is 1. The van der Waals surface area contributed by atoms with Crippen LogP contribution in [0.5, 0.6) is 0 Å². The molecule has 1 saturated heterocycles. The molecular weight excluding hydrogens is 330 g/mol. The highest BCUT2D eigenvalue weighted by Gasteiger charge is 2.19. The number of pyridine rings is 1. The van der Waals surface area contributed by atoms with Crippen LogP contribution in [0.25, 0.3) is 0 Å². The smallest absolute Gasteiger partial charge is 0.290 e. The third-order valence-electron chi connectivity index (χ3n) is 4.70. The molecule has 1 N–H and O–H groups in total. The maximum absolute atomic E-state index is 10.9. The molecule has 1 atom stereocenters. The van der Waals surface area contributed by atoms with Crippen LogP contribution in [0.2, 0.25) is 0 Å². The van der Waals surface area contributed by atoms with E-state index in [2.05, 4.69) is 51.3 Å². The van der Waals surface area contributed by atoms with Gasteiger partial charge in [-0.3, -0.25) is 15.0 Å². The van der Waals surface area contributed by atoms with Gasteiger partial charge in [-0.05, 0) is 32.0 Å². The fourth-order valence-corrected chi connectivity index (χ4v) is 3.33. The predicted octanol–water partition coefficient (Wildman–Crippen LogP) is 2.92. The molecule has 1 aromatic heterocycles. The molecule has 1 aliphatic heterocycles. The predicted molar refractivity (Wildman–Crippen MR) is 104 cm³/mol. The van der Waals surface area contributed by atoms with Crippen LogP contribution in [0.15, 0.2) is 42.6 Å². The molecule has 0 amide bonds. The van der Waals surface area contributed by atoms with Crippen molar-refractivity contribution in [2.45, 2.75) is 19.9 Å². The lowest BCUT2D eigenvalue weighted by molar-refractivity contribution is -0.385. The zero-order valence-electron chi connectivity index (χ0n) is 15.3. The quantitative estimate of drug-likeness (QED) is 0.634. The van der Waals surface area contributed by atoms with E-state index >= 15 is 0 Å². The van der Waals surface area contributed by atoms with Crippen molar-refractivity contribution < 1.29 is 4.92 Å². The van der Waals surface area contributed by atoms with Crippen molar-refractivity contribution in [3.05, 3.63) is 58.3 Å². The van der Waals surface area contributed by atoms with Gasteiger partial charge in [-0.15, -0.1) is 0 Å². The van der Waals surface area contributed by atoms with Crippen molar-refractivity contribution in [2.75, 3.05) is 42.9 Å². The number of benzene rings is 1. The number of aromatic nitrogens is 1. The average molecular weight is 355 g/mol. The molecule has 26 heavy (non-hydrogen) atoms. The first-order valence-electron chi connectivity index (χ1n) is 8.93. The molecule has 0 radical (unpaired) electrons. The number of rotatable bonds is 6. The first kappa shape index (κ1) is 18.1. The van der Waals surface area contributed by atoms with Crippen LogP contribution in [0.3, 0.4) is 0 Å². The van der Waals surface area contributed by atoms with Crippen molar-refractivity contribution in [1.29, 1.82) is 0 Å². The molecule has 2 aromatic rings. The summed E-state index contributed by atoms with van der Waals surface area (Å²) in [5.74, 6) is 0.684. The van der Waals surface area contributed by atoms with Gasteiger partial charge in [-0.2, -0.15) is 0 Å². The summed E-state index contributed by atoms with van der Waals surface area (Å²) in [7, 11) is 0. The van der Waals surface area contributed by atoms with Gasteiger partial charge in [0.2, 0.25) is 0 Å². The Morgan fingerprint density at radius 2 is 1.92 bits per heavy atom. The molecule has 1 unspecified atom stereocenters. The van der Waals surface area contributed by atoms with Gasteiger partial charge in [-0.1, -0.05) is 18.2 Å². The summed E-state index contributed by atoms with van der Waals surface area (Å²) >= 11 is 0. The van der Waals surface area contributed by atoms with Crippen LogP contribution >= 0.6 is 0 Å². The molecule has 0 spiro atoms. The summed E-state index contributed by atoms with van der Waals surface area (Å²) in [6.07, 6.45) is 1.32. The molecule has 0 aliphatic carbocycles. The third kappa shape index (κ3) is 4.49. The van der Waals surface area contributed by atoms with Gasteiger partial charge in [0.1, 0.15) is 12.0 Å². The van der Waals surface area contributed by atoms with E-state index in [9.17, 15) is 10.1 Å². The summed E-state index contributed by atoms with van der Waals surface area (Å²) in [6, 6.07) is 12.5. The van der Waals surface area contributed by atoms with Gasteiger partial charge < -0.3 is 10.2 Å². The van der Waals surface area contributed by atoms with Crippen molar-refractivity contribution in [2.24, 2.45) is 0 Å². The van der Waals surface area contributed by atoms with Gasteiger partial charge in [0.05, 0.1) is 4.92 Å². The van der Waals surface area contributed by atoms with E-state index < -0.39 is 4.92 Å². The van der Waals surface area contributed by atoms with Crippen molar-refractivity contribution in [3.63, 3.8) is 0 Å². The van der Waals surface area contributed by atoms with E-state index in [4.69, 9.17) is 0 Å². The molecular formula is C19H25N5O2. The van der Waals surface area contributed by atoms with Crippen molar-refractivity contribution in [3.8, 4) is 0 Å². The number of piperazine rings is 1. The van der Waals surface area contributed by atoms with E-state index in [-0.39, 0.29) is 11.7 Å². The molecule has 1 aliphatic rings. The van der Waals surface area contributed by atoms with E-state index in [1.165, 1.54) is 11.9 Å². The van der Waals surface area contributed by atoms with E-state index in [0.717, 1.165) is 32.7 Å². The second-order valence-corrected chi connectivity index (χ2v) is 6.78. The molecule has 138 valence electrons. The average Bonchev–Trinajstić information content (AvgIpc) is 2.63. The zero-order chi connectivity index (χ0) is 18.5. The molecule has 1 fully saturated rings. The fraction of sp³-hybridized carbons (Fsp3) is 0.421. The van der Waals surface area contributed by atoms with Crippen LogP contribution in [0.4, 0.5) is 17.2 Å². The van der Waals surface area contributed by atoms with Gasteiger partial charge in [0.15, 0.2) is 0 Å². The van der Waals surface area contributed by atoms with Gasteiger partial charge in [-0.25, -0.2) is 4.98 Å². The third-order valence-corrected chi connectivity index (χ3v) is 4.70. The molecule has 2 heterocycles. The number of hydrogen-bond donors (Lipinski definition) is 1. The number of nitrogens with one attached hydrogen (secondary N) is 1. The minimum Gasteiger partial charge on any atom is -0.369 e. The van der Waals surface area contributed by atoms with Crippen molar-refractivity contribution >= 4 is 17.2 Å². The Labute approximate surface area is 153 Å². The van der Waals surface area contributed by atoms with Gasteiger partial charge in [0.25, 0.3) is 5.69 Å². The first-order valence-corrected chi connectivity index (χ1v) is 8.93. The topological polar surface area (TPSA) is 74.5 Å². The molecule has 0 saturated carbocycles. The highest BCUT2D eigenvalue weighted by atomic mass is 16.6. The Hall–Kier alpha value is -2.67. The Morgan fingerprint density at radius 1 is 1.23 bits per heavy atom. The SMILES string of the molecule is Cc1cc(NC(C)CN2CCN(c3ccccc3)CC2)ncc1[N+](=O)[O-]. The van der Waals surface area contributed by atoms with Crippen molar-refractivity contribution in [1.82, 2.24) is 9.88 Å². The number of nitrogens with zero attached hydrogens (tertiary/aromatic N) is 4. The zero-order valence-corrected chi connectivity index (χ0v) is 15.3. The number of anilines is 2. The molecule has 3 rings (SSSR count). The second kappa shape index (κ2) is 8.14. The fourth-order valence-electron chi connectivity index (χ4n) is 3.33. The highest BCUT2D eigenvalue weighted by molar-refractivity contribution is 5.47. The van der Waals surface area contributed by atoms with Crippen LogP contribution in [0.1, 0.15) is 12.5 Å². The highest BCUT2D eigenvalue weighted by Crippen LogP contribution is 2.20. The van der Waals surface area contributed by atoms with Gasteiger partial charge >= 0.3 is 0 Å². The van der Waals surface area contributed by atoms with Crippen LogP contribution in [-0.4, -0.2) is 53.6 Å². The molecule has 7 heteroatoms. The van der Waals surface area contributed by atoms with E-state index in [1.54, 1.807) is 13.0 Å². The first-order chi connectivity index (χ1) is 12.5. The number of hydrogen-bond acceptors (Lipinski definition) is 6. The van der Waals surface area contributed by atoms with E-state index in [1.807, 2.05) is 6.07 Å². The van der Waals surface area contributed by atoms with Crippen LogP contribution in [0, 0.1) is 17.0 Å². The molecule has 1 aromatic carbocycles. The minimum absolute atomic E-state index is 0.0558. The largest absolute Gasteiger partial charge is 0.369 e. The Morgan fingerprint density at radius 3 is 2.54 bits per heavy atom. The monoisotopic (exact) mass is 355 g/mol. The Kier molecular flexibility index (Phi) is 5.68. The number of nitro groups is 1. The normalized spacial score (nSPS) is 16.3. The summed E-state index contributed by atoms with van der Waals surface area (Å²) in [4.78, 5) is 19.5. The summed E-state index contributed by atoms with van der Waals surface area (Å²) in [5, 5.41) is 14.2. The maximum Gasteiger partial charge on any atom is 0.290 e. The van der Waals surface area contributed by atoms with Crippen LogP contribution < -0.4 is 10.2 Å². The standard InChI is InChI=1S/C19H25N5O2/c1-15-12-19(20-13-18(15)24(25)26)21-16(2)14-22-8-10-23(11-9-22)17-6-4-3-5-7-17/h3-7,12-13,16H,8-11,14H2,1-2H3,(H,20,21). The molecule has 7 nitrogen and oxygen atoms in total. The van der Waals surface area contributed by atoms with Crippen LogP contribution in [-0.2, 0) is 0 Å². The van der Waals surface area contributed by atoms with E-state index in [0.29, 0.717) is 11.4 Å². The Bertz CT molecular complexity index is 745. The lowest BCUT2D eigenvalue weighted by Gasteiger charge is -2.37. The second-order valence-electron chi connectivity index (χ2n) is 6.78. The maximum atomic E-state index is 10.9. The lowest BCUT2D eigenvalue weighted by atomic mass is 10.2. The lowest BCUT2D eigenvalue weighted by Crippen LogP contribution is -2.49. The minimum atomic E-state index is -0.401. The summed E-state index contributed by atoms with van der Waals surface area (Å²) in [6.45, 7) is 8.85. The summed E-state index contributed by atoms with van der Waals surface area (Å²) < 4.78 is 0. The van der Waals surface area contributed by atoms with Gasteiger partial charge in [0, 0.05) is 50.0 Å². The molecule has 0 bridgehead atoms. The Balaban J connectivity index is 1.49. The summed E-state index contributed by atoms with van der Waals surface area (Å²) in [5.41, 5.74) is 1.96. The number of para-hydroxylation sites is 1.